The largest absolute Gasteiger partial charge is 0.497 e. The first-order valence-electron chi connectivity index (χ1n) is 14.0. The van der Waals surface area contributed by atoms with E-state index in [0.29, 0.717) is 49.5 Å². The zero-order valence-electron chi connectivity index (χ0n) is 24.0. The molecule has 2 aromatic carbocycles. The lowest BCUT2D eigenvalue weighted by Gasteiger charge is -2.33. The molecule has 7 nitrogen and oxygen atoms in total. The highest BCUT2D eigenvalue weighted by Crippen LogP contribution is 2.42. The molecule has 0 unspecified atom stereocenters. The van der Waals surface area contributed by atoms with Crippen molar-refractivity contribution >= 4 is 21.6 Å². The molecule has 1 N–H and O–H groups in total. The van der Waals surface area contributed by atoms with Crippen molar-refractivity contribution in [2.24, 2.45) is 11.3 Å². The molecule has 0 aliphatic heterocycles. The van der Waals surface area contributed by atoms with Crippen molar-refractivity contribution in [1.29, 1.82) is 0 Å². The van der Waals surface area contributed by atoms with Crippen molar-refractivity contribution in [3.63, 3.8) is 0 Å². The summed E-state index contributed by atoms with van der Waals surface area (Å²) in [7, 11) is 1.64. The third kappa shape index (κ3) is 6.12. The fraction of sp³-hybridized carbons (Fsp3) is 0.438. The first-order valence-corrected chi connectivity index (χ1v) is 14.8. The van der Waals surface area contributed by atoms with E-state index in [4.69, 9.17) is 23.9 Å². The number of nitrogens with one attached hydrogen (secondary N) is 1. The second kappa shape index (κ2) is 11.9. The molecule has 0 bridgehead atoms. The molecular formula is C32H38N2O5S. The van der Waals surface area contributed by atoms with E-state index < -0.39 is 0 Å². The van der Waals surface area contributed by atoms with Crippen molar-refractivity contribution in [1.82, 2.24) is 9.97 Å². The lowest BCUT2D eigenvalue weighted by molar-refractivity contribution is 0.218. The van der Waals surface area contributed by atoms with Gasteiger partial charge in [-0.2, -0.15) is 0 Å². The number of aromatic amines is 1. The van der Waals surface area contributed by atoms with Crippen LogP contribution in [0, 0.1) is 11.3 Å². The number of hydrogen-bond donors (Lipinski definition) is 1. The molecule has 5 rings (SSSR count). The lowest BCUT2D eigenvalue weighted by atomic mass is 9.72. The Hall–Kier alpha value is -3.52. The number of thiophene rings is 1. The second-order valence-corrected chi connectivity index (χ2v) is 12.3. The molecule has 212 valence electrons. The summed E-state index contributed by atoms with van der Waals surface area (Å²) in [4.78, 5) is 23.3. The Morgan fingerprint density at radius 1 is 1.02 bits per heavy atom. The Kier molecular flexibility index (Phi) is 8.35. The zero-order valence-corrected chi connectivity index (χ0v) is 24.8. The molecule has 0 saturated heterocycles. The van der Waals surface area contributed by atoms with Crippen LogP contribution in [0.1, 0.15) is 51.0 Å². The Bertz CT molecular complexity index is 1530. The van der Waals surface area contributed by atoms with Gasteiger partial charge in [0.2, 0.25) is 0 Å². The second-order valence-electron chi connectivity index (χ2n) is 11.2. The fourth-order valence-corrected chi connectivity index (χ4v) is 6.52. The van der Waals surface area contributed by atoms with Crippen molar-refractivity contribution in [3.05, 3.63) is 63.3 Å². The number of ether oxygens (including phenoxy) is 4. The minimum Gasteiger partial charge on any atom is -0.497 e. The van der Waals surface area contributed by atoms with Gasteiger partial charge in [0.15, 0.2) is 11.5 Å². The van der Waals surface area contributed by atoms with Crippen LogP contribution < -0.4 is 24.5 Å². The van der Waals surface area contributed by atoms with Crippen LogP contribution in [0.3, 0.4) is 0 Å². The van der Waals surface area contributed by atoms with Gasteiger partial charge < -0.3 is 23.9 Å². The normalized spacial score (nSPS) is 15.1. The summed E-state index contributed by atoms with van der Waals surface area (Å²) >= 11 is 1.67. The first kappa shape index (κ1) is 28.0. The SMILES string of the molecule is CCOc1cc(-c2nc3sc4c(c3c(=O)[nH]2)CC[C@H](C(C)(C)C)C4)ccc1OCCCOc1cccc(OC)c1. The number of benzene rings is 2. The topological polar surface area (TPSA) is 82.7 Å². The van der Waals surface area contributed by atoms with E-state index in [-0.39, 0.29) is 11.0 Å². The predicted molar refractivity (Wildman–Crippen MR) is 160 cm³/mol. The number of fused-ring (bicyclic) bond motifs is 3. The molecule has 2 heterocycles. The smallest absolute Gasteiger partial charge is 0.260 e. The number of nitrogens with zero attached hydrogens (tertiary/aromatic N) is 1. The van der Waals surface area contributed by atoms with Gasteiger partial charge in [-0.25, -0.2) is 4.98 Å². The molecular weight excluding hydrogens is 524 g/mol. The van der Waals surface area contributed by atoms with Gasteiger partial charge in [-0.15, -0.1) is 11.3 Å². The summed E-state index contributed by atoms with van der Waals surface area (Å²) < 4.78 is 23.0. The van der Waals surface area contributed by atoms with Crippen molar-refractivity contribution in [2.45, 2.75) is 53.4 Å². The molecule has 0 spiro atoms. The number of H-pyrrole nitrogens is 1. The minimum absolute atomic E-state index is 0.0685. The van der Waals surface area contributed by atoms with Gasteiger partial charge in [0.1, 0.15) is 22.2 Å². The van der Waals surface area contributed by atoms with Gasteiger partial charge in [0.05, 0.1) is 32.3 Å². The maximum absolute atomic E-state index is 13.2. The standard InChI is InChI=1S/C32H38N2O5S/c1-6-37-26-17-20(11-14-25(26)39-16-8-15-38-23-10-7-9-22(19-23)36-5)29-33-30(35)28-24-13-12-21(32(2,3)4)18-27(24)40-31(28)34-29/h7,9-11,14,17,19,21H,6,8,12-13,15-16,18H2,1-5H3,(H,33,34,35)/t21-/m0/s1. The van der Waals surface area contributed by atoms with E-state index in [1.54, 1.807) is 18.4 Å². The number of methoxy groups -OCH3 is 1. The Balaban J connectivity index is 1.29. The Morgan fingerprint density at radius 3 is 2.60 bits per heavy atom. The quantitative estimate of drug-likeness (QED) is 0.208. The van der Waals surface area contributed by atoms with Crippen molar-refractivity contribution < 1.29 is 18.9 Å². The molecule has 8 heteroatoms. The average Bonchev–Trinajstić information content (AvgIpc) is 3.31. The molecule has 0 fully saturated rings. The molecule has 40 heavy (non-hydrogen) atoms. The molecule has 2 aromatic heterocycles. The molecule has 0 saturated carbocycles. The van der Waals surface area contributed by atoms with Gasteiger partial charge >= 0.3 is 0 Å². The van der Waals surface area contributed by atoms with Gasteiger partial charge in [0, 0.05) is 22.9 Å². The summed E-state index contributed by atoms with van der Waals surface area (Å²) in [5, 5.41) is 0.761. The summed E-state index contributed by atoms with van der Waals surface area (Å²) in [6, 6.07) is 13.2. The van der Waals surface area contributed by atoms with Crippen LogP contribution in [0.4, 0.5) is 0 Å². The minimum atomic E-state index is -0.0685. The highest BCUT2D eigenvalue weighted by atomic mass is 32.1. The summed E-state index contributed by atoms with van der Waals surface area (Å²) in [5.74, 6) is 3.95. The van der Waals surface area contributed by atoms with E-state index in [2.05, 4.69) is 25.8 Å². The third-order valence-corrected chi connectivity index (χ3v) is 8.67. The van der Waals surface area contributed by atoms with Crippen LogP contribution in [-0.4, -0.2) is 36.9 Å². The monoisotopic (exact) mass is 562 g/mol. The molecule has 1 aliphatic carbocycles. The van der Waals surface area contributed by atoms with E-state index in [0.717, 1.165) is 46.5 Å². The molecule has 1 atom stereocenters. The summed E-state index contributed by atoms with van der Waals surface area (Å²) in [6.07, 6.45) is 3.76. The number of rotatable bonds is 10. The zero-order chi connectivity index (χ0) is 28.3. The third-order valence-electron chi connectivity index (χ3n) is 7.52. The van der Waals surface area contributed by atoms with E-state index in [1.807, 2.05) is 49.4 Å². The number of aromatic nitrogens is 2. The van der Waals surface area contributed by atoms with E-state index in [1.165, 1.54) is 10.4 Å². The maximum atomic E-state index is 13.2. The van der Waals surface area contributed by atoms with Gasteiger partial charge in [0.25, 0.3) is 5.56 Å². The van der Waals surface area contributed by atoms with Crippen LogP contribution in [0.25, 0.3) is 21.6 Å². The lowest BCUT2D eigenvalue weighted by Crippen LogP contribution is -2.26. The van der Waals surface area contributed by atoms with Gasteiger partial charge in [-0.1, -0.05) is 26.8 Å². The van der Waals surface area contributed by atoms with Crippen LogP contribution in [0.2, 0.25) is 0 Å². The Morgan fingerprint density at radius 2 is 1.82 bits per heavy atom. The summed E-state index contributed by atoms with van der Waals surface area (Å²) in [6.45, 7) is 10.3. The molecule has 0 radical (unpaired) electrons. The Labute approximate surface area is 239 Å². The molecule has 4 aromatic rings. The van der Waals surface area contributed by atoms with Crippen LogP contribution >= 0.6 is 11.3 Å². The van der Waals surface area contributed by atoms with Crippen molar-refractivity contribution in [3.8, 4) is 34.4 Å². The summed E-state index contributed by atoms with van der Waals surface area (Å²) in [5.41, 5.74) is 2.16. The fourth-order valence-electron chi connectivity index (χ4n) is 5.22. The van der Waals surface area contributed by atoms with Gasteiger partial charge in [-0.05, 0) is 73.4 Å². The highest BCUT2D eigenvalue weighted by molar-refractivity contribution is 7.18. The van der Waals surface area contributed by atoms with E-state index >= 15 is 0 Å². The van der Waals surface area contributed by atoms with Crippen LogP contribution in [-0.2, 0) is 12.8 Å². The maximum Gasteiger partial charge on any atom is 0.260 e. The van der Waals surface area contributed by atoms with Gasteiger partial charge in [-0.3, -0.25) is 4.79 Å². The van der Waals surface area contributed by atoms with Crippen molar-refractivity contribution in [2.75, 3.05) is 26.9 Å². The van der Waals surface area contributed by atoms with Crippen LogP contribution in [0.15, 0.2) is 47.3 Å². The first-order chi connectivity index (χ1) is 19.3. The number of aryl methyl sites for hydroxylation is 1. The average molecular weight is 563 g/mol. The molecule has 0 amide bonds. The van der Waals surface area contributed by atoms with E-state index in [9.17, 15) is 4.79 Å². The van der Waals surface area contributed by atoms with Crippen LogP contribution in [0.5, 0.6) is 23.0 Å². The predicted octanol–water partition coefficient (Wildman–Crippen LogP) is 7.06. The number of hydrogen-bond acceptors (Lipinski definition) is 7. The molecule has 1 aliphatic rings. The highest BCUT2D eigenvalue weighted by Gasteiger charge is 2.31.